The van der Waals surface area contributed by atoms with E-state index in [1.165, 1.54) is 10.9 Å². The number of aromatic nitrogens is 2. The van der Waals surface area contributed by atoms with Gasteiger partial charge in [0.25, 0.3) is 0 Å². The molecule has 2 heterocycles. The van der Waals surface area contributed by atoms with E-state index in [1.807, 2.05) is 0 Å². The van der Waals surface area contributed by atoms with Gasteiger partial charge >= 0.3 is 6.09 Å². The van der Waals surface area contributed by atoms with E-state index in [0.29, 0.717) is 18.1 Å². The van der Waals surface area contributed by atoms with Crippen LogP contribution in [0.15, 0.2) is 6.20 Å². The fraction of sp³-hybridized carbons (Fsp3) is 0.636. The highest BCUT2D eigenvalue weighted by Gasteiger charge is 2.24. The van der Waals surface area contributed by atoms with Gasteiger partial charge in [0.1, 0.15) is 24.0 Å². The number of hydrogen-bond donors (Lipinski definition) is 2. The fourth-order valence-electron chi connectivity index (χ4n) is 1.58. The molecule has 0 bridgehead atoms. The molecule has 7 heteroatoms. The Balaban J connectivity index is 2.05. The van der Waals surface area contributed by atoms with Crippen molar-refractivity contribution in [2.75, 3.05) is 11.9 Å². The van der Waals surface area contributed by atoms with Crippen LogP contribution < -0.4 is 10.1 Å². The molecule has 0 fully saturated rings. The molecule has 1 aromatic rings. The predicted molar refractivity (Wildman–Crippen MR) is 63.6 cm³/mol. The van der Waals surface area contributed by atoms with Crippen molar-refractivity contribution in [3.63, 3.8) is 0 Å². The molecule has 100 valence electrons. The molecule has 0 spiro atoms. The number of amides is 1. The highest BCUT2D eigenvalue weighted by molar-refractivity contribution is 5.86. The normalized spacial score (nSPS) is 18.8. The molecular weight excluding hydrogens is 238 g/mol. The lowest BCUT2D eigenvalue weighted by atomic mass is 10.2. The minimum atomic E-state index is -0.577. The Bertz CT molecular complexity index is 450. The Morgan fingerprint density at radius 1 is 1.67 bits per heavy atom. The number of fused-ring (bicyclic) bond motifs is 1. The summed E-state index contributed by atoms with van der Waals surface area (Å²) in [7, 11) is 0. The van der Waals surface area contributed by atoms with Gasteiger partial charge < -0.3 is 14.6 Å². The van der Waals surface area contributed by atoms with Crippen molar-refractivity contribution in [3.05, 3.63) is 6.20 Å². The van der Waals surface area contributed by atoms with E-state index in [4.69, 9.17) is 9.47 Å². The third kappa shape index (κ3) is 2.92. The first kappa shape index (κ1) is 12.7. The van der Waals surface area contributed by atoms with Crippen molar-refractivity contribution in [1.29, 1.82) is 0 Å². The van der Waals surface area contributed by atoms with E-state index in [1.54, 1.807) is 20.8 Å². The van der Waals surface area contributed by atoms with Crippen molar-refractivity contribution in [2.45, 2.75) is 39.0 Å². The molecule has 1 unspecified atom stereocenters. The second-order valence-electron chi connectivity index (χ2n) is 5.14. The minimum absolute atomic E-state index is 0.189. The van der Waals surface area contributed by atoms with E-state index in [0.717, 1.165) is 0 Å². The zero-order valence-electron chi connectivity index (χ0n) is 10.6. The summed E-state index contributed by atoms with van der Waals surface area (Å²) >= 11 is 0. The molecular formula is C11H17N3O4. The van der Waals surface area contributed by atoms with Crippen molar-refractivity contribution in [3.8, 4) is 5.88 Å². The van der Waals surface area contributed by atoms with Crippen LogP contribution in [0.4, 0.5) is 10.5 Å². The summed E-state index contributed by atoms with van der Waals surface area (Å²) in [5.74, 6) is 0.436. The summed E-state index contributed by atoms with van der Waals surface area (Å²) in [6.07, 6.45) is 0.330. The number of rotatable bonds is 1. The Hall–Kier alpha value is -1.76. The summed E-state index contributed by atoms with van der Waals surface area (Å²) in [6.45, 7) is 5.90. The first-order chi connectivity index (χ1) is 8.35. The molecule has 1 aliphatic heterocycles. The molecule has 0 saturated heterocycles. The highest BCUT2D eigenvalue weighted by atomic mass is 16.6. The van der Waals surface area contributed by atoms with E-state index < -0.39 is 17.8 Å². The van der Waals surface area contributed by atoms with Crippen LogP contribution in [0, 0.1) is 0 Å². The highest BCUT2D eigenvalue weighted by Crippen LogP contribution is 2.27. The number of carbonyl (C=O) groups excluding carboxylic acids is 1. The molecule has 0 aliphatic carbocycles. The molecule has 0 radical (unpaired) electrons. The van der Waals surface area contributed by atoms with E-state index in [2.05, 4.69) is 10.4 Å². The Labute approximate surface area is 105 Å². The number of ether oxygens (including phenoxy) is 2. The van der Waals surface area contributed by atoms with E-state index >= 15 is 0 Å². The molecule has 1 aromatic heterocycles. The van der Waals surface area contributed by atoms with Crippen LogP contribution in [0.1, 0.15) is 20.8 Å². The quantitative estimate of drug-likeness (QED) is 0.781. The number of hydrogen-bond acceptors (Lipinski definition) is 5. The number of aliphatic hydroxyl groups excluding tert-OH is 1. The van der Waals surface area contributed by atoms with Crippen LogP contribution in [-0.2, 0) is 11.3 Å². The molecule has 18 heavy (non-hydrogen) atoms. The molecule has 1 amide bonds. The van der Waals surface area contributed by atoms with Gasteiger partial charge in [-0.3, -0.25) is 5.32 Å². The van der Waals surface area contributed by atoms with Crippen LogP contribution in [0.5, 0.6) is 5.88 Å². The number of carbonyl (C=O) groups is 1. The van der Waals surface area contributed by atoms with Gasteiger partial charge in [0.15, 0.2) is 0 Å². The second kappa shape index (κ2) is 4.49. The lowest BCUT2D eigenvalue weighted by Gasteiger charge is -2.22. The summed E-state index contributed by atoms with van der Waals surface area (Å²) in [5.41, 5.74) is -0.120. The maximum Gasteiger partial charge on any atom is 0.412 e. The van der Waals surface area contributed by atoms with Gasteiger partial charge in [-0.2, -0.15) is 5.10 Å². The van der Waals surface area contributed by atoms with Crippen molar-refractivity contribution in [2.24, 2.45) is 0 Å². The van der Waals surface area contributed by atoms with Crippen molar-refractivity contribution >= 4 is 11.8 Å². The Kier molecular flexibility index (Phi) is 3.16. The van der Waals surface area contributed by atoms with Crippen molar-refractivity contribution in [1.82, 2.24) is 9.78 Å². The largest absolute Gasteiger partial charge is 0.474 e. The monoisotopic (exact) mass is 255 g/mol. The van der Waals surface area contributed by atoms with Gasteiger partial charge in [0.05, 0.1) is 12.7 Å². The maximum atomic E-state index is 11.6. The molecule has 1 aliphatic rings. The second-order valence-corrected chi connectivity index (χ2v) is 5.14. The zero-order valence-corrected chi connectivity index (χ0v) is 10.6. The molecule has 0 aromatic carbocycles. The van der Waals surface area contributed by atoms with Gasteiger partial charge in [-0.15, -0.1) is 0 Å². The van der Waals surface area contributed by atoms with E-state index in [9.17, 15) is 9.90 Å². The summed E-state index contributed by atoms with van der Waals surface area (Å²) < 4.78 is 12.0. The third-order valence-electron chi connectivity index (χ3n) is 2.22. The number of nitrogens with zero attached hydrogens (tertiary/aromatic N) is 2. The number of nitrogens with one attached hydrogen (secondary N) is 1. The SMILES string of the molecule is CC(C)(C)OC(=O)Nc1cnn2c1OCC(O)C2. The van der Waals surface area contributed by atoms with Gasteiger partial charge in [0.2, 0.25) is 5.88 Å². The molecule has 7 nitrogen and oxygen atoms in total. The van der Waals surface area contributed by atoms with Gasteiger partial charge in [-0.05, 0) is 20.8 Å². The average molecular weight is 255 g/mol. The Morgan fingerprint density at radius 2 is 2.39 bits per heavy atom. The summed E-state index contributed by atoms with van der Waals surface area (Å²) in [6, 6.07) is 0. The number of aliphatic hydroxyl groups is 1. The van der Waals surface area contributed by atoms with E-state index in [-0.39, 0.29) is 6.61 Å². The Morgan fingerprint density at radius 3 is 3.06 bits per heavy atom. The molecule has 2 rings (SSSR count). The standard InChI is InChI=1S/C11H17N3O4/c1-11(2,3)18-10(16)13-8-4-12-14-5-7(15)6-17-9(8)14/h4,7,15H,5-6H2,1-3H3,(H,13,16). The number of anilines is 1. The fourth-order valence-corrected chi connectivity index (χ4v) is 1.58. The average Bonchev–Trinajstić information content (AvgIpc) is 2.57. The smallest absolute Gasteiger partial charge is 0.412 e. The maximum absolute atomic E-state index is 11.6. The summed E-state index contributed by atoms with van der Waals surface area (Å²) in [5, 5.41) is 16.0. The predicted octanol–water partition coefficient (Wildman–Crippen LogP) is 0.983. The third-order valence-corrected chi connectivity index (χ3v) is 2.22. The molecule has 1 atom stereocenters. The minimum Gasteiger partial charge on any atom is -0.474 e. The first-order valence-corrected chi connectivity index (χ1v) is 5.72. The summed E-state index contributed by atoms with van der Waals surface area (Å²) in [4.78, 5) is 11.6. The van der Waals surface area contributed by atoms with Gasteiger partial charge in [-0.1, -0.05) is 0 Å². The lowest BCUT2D eigenvalue weighted by Crippen LogP contribution is -2.31. The lowest BCUT2D eigenvalue weighted by molar-refractivity contribution is 0.0556. The van der Waals surface area contributed by atoms with Crippen LogP contribution >= 0.6 is 0 Å². The topological polar surface area (TPSA) is 85.6 Å². The van der Waals surface area contributed by atoms with Crippen LogP contribution in [0.3, 0.4) is 0 Å². The molecule has 0 saturated carbocycles. The molecule has 2 N–H and O–H groups in total. The van der Waals surface area contributed by atoms with Crippen LogP contribution in [0.2, 0.25) is 0 Å². The van der Waals surface area contributed by atoms with Crippen LogP contribution in [0.25, 0.3) is 0 Å². The van der Waals surface area contributed by atoms with Crippen molar-refractivity contribution < 1.29 is 19.4 Å². The zero-order chi connectivity index (χ0) is 13.3. The van der Waals surface area contributed by atoms with Crippen LogP contribution in [-0.4, -0.2) is 39.3 Å². The first-order valence-electron chi connectivity index (χ1n) is 5.72. The van der Waals surface area contributed by atoms with Gasteiger partial charge in [0, 0.05) is 0 Å². The van der Waals surface area contributed by atoms with Gasteiger partial charge in [-0.25, -0.2) is 9.48 Å².